The first-order valence-electron chi connectivity index (χ1n) is 7.90. The maximum atomic E-state index is 12.3. The Labute approximate surface area is 141 Å². The summed E-state index contributed by atoms with van der Waals surface area (Å²) in [6.07, 6.45) is 4.86. The van der Waals surface area contributed by atoms with Gasteiger partial charge in [0.1, 0.15) is 0 Å². The highest BCUT2D eigenvalue weighted by atomic mass is 35.5. The van der Waals surface area contributed by atoms with Crippen molar-refractivity contribution in [3.63, 3.8) is 0 Å². The predicted octanol–water partition coefficient (Wildman–Crippen LogP) is 3.02. The molecule has 0 spiro atoms. The van der Waals surface area contributed by atoms with Gasteiger partial charge < -0.3 is 9.80 Å². The molecule has 1 aromatic carbocycles. The second-order valence-electron chi connectivity index (χ2n) is 5.68. The summed E-state index contributed by atoms with van der Waals surface area (Å²) in [5.74, 6) is 0.215. The van der Waals surface area contributed by atoms with Crippen molar-refractivity contribution >= 4 is 23.2 Å². The van der Waals surface area contributed by atoms with Crippen LogP contribution in [0.1, 0.15) is 12.0 Å². The zero-order valence-corrected chi connectivity index (χ0v) is 13.7. The number of nitrogens with zero attached hydrogens (tertiary/aromatic N) is 3. The summed E-state index contributed by atoms with van der Waals surface area (Å²) in [5, 5.41) is 0.767. The molecule has 3 rings (SSSR count). The summed E-state index contributed by atoms with van der Waals surface area (Å²) in [6.45, 7) is 3.14. The van der Waals surface area contributed by atoms with E-state index in [0.717, 1.165) is 48.9 Å². The topological polar surface area (TPSA) is 36.4 Å². The van der Waals surface area contributed by atoms with Crippen molar-refractivity contribution in [3.05, 3.63) is 59.4 Å². The van der Waals surface area contributed by atoms with Gasteiger partial charge in [0.25, 0.3) is 0 Å². The number of amides is 1. The Bertz CT molecular complexity index is 654. The molecule has 23 heavy (non-hydrogen) atoms. The molecule has 0 unspecified atom stereocenters. The van der Waals surface area contributed by atoms with Crippen LogP contribution in [0.2, 0.25) is 5.02 Å². The molecule has 2 heterocycles. The Morgan fingerprint density at radius 3 is 2.57 bits per heavy atom. The third kappa shape index (κ3) is 4.02. The second kappa shape index (κ2) is 7.47. The molecule has 5 heteroatoms. The highest BCUT2D eigenvalue weighted by molar-refractivity contribution is 6.33. The molecule has 2 aromatic rings. The number of benzene rings is 1. The first-order valence-corrected chi connectivity index (χ1v) is 8.28. The molecule has 4 nitrogen and oxygen atoms in total. The van der Waals surface area contributed by atoms with Crippen molar-refractivity contribution in [2.24, 2.45) is 0 Å². The van der Waals surface area contributed by atoms with Gasteiger partial charge in [0.2, 0.25) is 5.91 Å². The maximum absolute atomic E-state index is 12.3. The number of aryl methyl sites for hydroxylation is 1. The number of carbonyl (C=O) groups excluding carboxylic acids is 1. The molecule has 1 aromatic heterocycles. The number of anilines is 1. The highest BCUT2D eigenvalue weighted by Gasteiger charge is 2.21. The van der Waals surface area contributed by atoms with Crippen molar-refractivity contribution in [3.8, 4) is 0 Å². The standard InChI is InChI=1S/C18H20ClN3O/c19-16-5-1-2-6-17(16)21-10-12-22(13-11-21)18(23)8-7-15-4-3-9-20-14-15/h1-6,9,14H,7-8,10-13H2. The van der Waals surface area contributed by atoms with E-state index in [1.165, 1.54) is 0 Å². The number of rotatable bonds is 4. The molecule has 0 radical (unpaired) electrons. The van der Waals surface area contributed by atoms with Gasteiger partial charge in [0, 0.05) is 45.0 Å². The number of hydrogen-bond acceptors (Lipinski definition) is 3. The van der Waals surface area contributed by atoms with Gasteiger partial charge in [-0.3, -0.25) is 9.78 Å². The molecular weight excluding hydrogens is 310 g/mol. The lowest BCUT2D eigenvalue weighted by Gasteiger charge is -2.36. The molecule has 0 atom stereocenters. The van der Waals surface area contributed by atoms with Gasteiger partial charge in [-0.1, -0.05) is 29.8 Å². The van der Waals surface area contributed by atoms with Crippen molar-refractivity contribution in [1.82, 2.24) is 9.88 Å². The van der Waals surface area contributed by atoms with Crippen molar-refractivity contribution in [2.45, 2.75) is 12.8 Å². The molecule has 120 valence electrons. The molecule has 0 saturated carbocycles. The monoisotopic (exact) mass is 329 g/mol. The van der Waals surface area contributed by atoms with E-state index in [9.17, 15) is 4.79 Å². The van der Waals surface area contributed by atoms with Gasteiger partial charge >= 0.3 is 0 Å². The minimum Gasteiger partial charge on any atom is -0.367 e. The number of carbonyl (C=O) groups is 1. The third-order valence-electron chi connectivity index (χ3n) is 4.18. The normalized spacial score (nSPS) is 14.8. The Morgan fingerprint density at radius 1 is 1.09 bits per heavy atom. The van der Waals surface area contributed by atoms with E-state index in [4.69, 9.17) is 11.6 Å². The number of aromatic nitrogens is 1. The lowest BCUT2D eigenvalue weighted by atomic mass is 10.1. The number of halogens is 1. The van der Waals surface area contributed by atoms with Crippen molar-refractivity contribution in [1.29, 1.82) is 0 Å². The van der Waals surface area contributed by atoms with Crippen molar-refractivity contribution < 1.29 is 4.79 Å². The summed E-state index contributed by atoms with van der Waals surface area (Å²) < 4.78 is 0. The van der Waals surface area contributed by atoms with E-state index in [0.29, 0.717) is 6.42 Å². The van der Waals surface area contributed by atoms with E-state index < -0.39 is 0 Å². The van der Waals surface area contributed by atoms with Crippen LogP contribution >= 0.6 is 11.6 Å². The summed E-state index contributed by atoms with van der Waals surface area (Å²) in [4.78, 5) is 20.6. The van der Waals surface area contributed by atoms with Crippen LogP contribution < -0.4 is 4.90 Å². The van der Waals surface area contributed by atoms with Gasteiger partial charge in [-0.2, -0.15) is 0 Å². The summed E-state index contributed by atoms with van der Waals surface area (Å²) >= 11 is 6.25. The average Bonchev–Trinajstić information content (AvgIpc) is 2.61. The highest BCUT2D eigenvalue weighted by Crippen LogP contribution is 2.26. The Kier molecular flexibility index (Phi) is 5.13. The van der Waals surface area contributed by atoms with E-state index in [-0.39, 0.29) is 5.91 Å². The van der Waals surface area contributed by atoms with Gasteiger partial charge in [0.05, 0.1) is 10.7 Å². The average molecular weight is 330 g/mol. The number of pyridine rings is 1. The lowest BCUT2D eigenvalue weighted by Crippen LogP contribution is -2.48. The van der Waals surface area contributed by atoms with Gasteiger partial charge in [-0.05, 0) is 30.2 Å². The quantitative estimate of drug-likeness (QED) is 0.865. The zero-order chi connectivity index (χ0) is 16.1. The first-order chi connectivity index (χ1) is 11.2. The fraction of sp³-hybridized carbons (Fsp3) is 0.333. The van der Waals surface area contributed by atoms with Crippen LogP contribution in [0, 0.1) is 0 Å². The van der Waals surface area contributed by atoms with Crippen LogP contribution in [0.4, 0.5) is 5.69 Å². The smallest absolute Gasteiger partial charge is 0.223 e. The number of piperazine rings is 1. The van der Waals surface area contributed by atoms with Crippen LogP contribution in [-0.4, -0.2) is 42.0 Å². The van der Waals surface area contributed by atoms with Crippen LogP contribution in [-0.2, 0) is 11.2 Å². The molecule has 1 fully saturated rings. The molecular formula is C18H20ClN3O. The van der Waals surface area contributed by atoms with Crippen LogP contribution in [0.3, 0.4) is 0 Å². The molecule has 1 aliphatic heterocycles. The fourth-order valence-electron chi connectivity index (χ4n) is 2.86. The first kappa shape index (κ1) is 15.8. The minimum atomic E-state index is 0.215. The van der Waals surface area contributed by atoms with E-state index in [1.807, 2.05) is 47.5 Å². The summed E-state index contributed by atoms with van der Waals surface area (Å²) in [7, 11) is 0. The van der Waals surface area contributed by atoms with Crippen LogP contribution in [0.25, 0.3) is 0 Å². The van der Waals surface area contributed by atoms with Gasteiger partial charge in [-0.25, -0.2) is 0 Å². The van der Waals surface area contributed by atoms with Crippen LogP contribution in [0.5, 0.6) is 0 Å². The Hall–Kier alpha value is -2.07. The lowest BCUT2D eigenvalue weighted by molar-refractivity contribution is -0.131. The largest absolute Gasteiger partial charge is 0.367 e. The SMILES string of the molecule is O=C(CCc1cccnc1)N1CCN(c2ccccc2Cl)CC1. The predicted molar refractivity (Wildman–Crippen MR) is 92.8 cm³/mol. The van der Waals surface area contributed by atoms with Crippen LogP contribution in [0.15, 0.2) is 48.8 Å². The molecule has 1 saturated heterocycles. The molecule has 0 N–H and O–H groups in total. The minimum absolute atomic E-state index is 0.215. The Balaban J connectivity index is 1.50. The van der Waals surface area contributed by atoms with E-state index in [1.54, 1.807) is 6.20 Å². The molecule has 0 bridgehead atoms. The second-order valence-corrected chi connectivity index (χ2v) is 6.09. The van der Waals surface area contributed by atoms with Gasteiger partial charge in [-0.15, -0.1) is 0 Å². The maximum Gasteiger partial charge on any atom is 0.223 e. The zero-order valence-electron chi connectivity index (χ0n) is 13.0. The fourth-order valence-corrected chi connectivity index (χ4v) is 3.12. The summed E-state index contributed by atoms with van der Waals surface area (Å²) in [5.41, 5.74) is 2.16. The third-order valence-corrected chi connectivity index (χ3v) is 4.50. The number of hydrogen-bond donors (Lipinski definition) is 0. The molecule has 0 aliphatic carbocycles. The Morgan fingerprint density at radius 2 is 1.87 bits per heavy atom. The van der Waals surface area contributed by atoms with Crippen molar-refractivity contribution in [2.75, 3.05) is 31.1 Å². The number of para-hydroxylation sites is 1. The van der Waals surface area contributed by atoms with E-state index in [2.05, 4.69) is 9.88 Å². The summed E-state index contributed by atoms with van der Waals surface area (Å²) in [6, 6.07) is 11.8. The van der Waals surface area contributed by atoms with E-state index >= 15 is 0 Å². The molecule has 1 aliphatic rings. The van der Waals surface area contributed by atoms with Gasteiger partial charge in [0.15, 0.2) is 0 Å². The molecule has 1 amide bonds.